The third-order valence-corrected chi connectivity index (χ3v) is 13.6. The van der Waals surface area contributed by atoms with Crippen molar-refractivity contribution in [2.24, 2.45) is 0 Å². The number of carbonyl (C=O) groups is 1. The minimum Gasteiger partial charge on any atom is -0.394 e. The zero-order chi connectivity index (χ0) is 56.5. The van der Waals surface area contributed by atoms with E-state index in [2.05, 4.69) is 153 Å². The minimum absolute atomic E-state index is 0.198. The number of hydrogen-bond donors (Lipinski definition) is 6. The van der Waals surface area contributed by atoms with E-state index in [9.17, 15) is 30.3 Å². The van der Waals surface area contributed by atoms with E-state index in [1.807, 2.05) is 6.08 Å². The van der Waals surface area contributed by atoms with Crippen molar-refractivity contribution in [3.63, 3.8) is 0 Å². The standard InChI is InChI=1S/C69H113NO8/c1-3-5-7-9-11-13-15-17-19-20-21-22-23-24-25-26-27-28-29-30-31-32-33-34-35-36-37-38-39-40-41-42-43-44-45-47-49-51-53-55-57-59-65(73)70-62(61-77-69-68(76)67(75)66(74)64(60-71)78-69)63(72)58-56-54-52-50-48-46-18-16-14-12-10-8-6-4-2/h5,7,11,13,17,19,21-22,24-25,27-28,30-31,33-34,36-37,39-40,48,50,56,58,62-64,66-69,71-72,74-76H,3-4,6,8-10,12,14-16,18,20,23,26,29,32,35,38,41-47,49,51-55,57,59-61H2,1-2H3,(H,70,73)/b7-5-,13-11-,19-17-,22-21-,25-24-,28-27-,31-30-,34-33-,37-36-,40-39-,50-48+,58-56+. The number of allylic oxidation sites excluding steroid dienone is 23. The first-order valence-corrected chi connectivity index (χ1v) is 31.1. The first kappa shape index (κ1) is 72.1. The van der Waals surface area contributed by atoms with Gasteiger partial charge in [-0.25, -0.2) is 0 Å². The smallest absolute Gasteiger partial charge is 0.220 e. The molecule has 7 unspecified atom stereocenters. The Morgan fingerprint density at radius 3 is 1.23 bits per heavy atom. The molecule has 0 radical (unpaired) electrons. The number of hydrogen-bond acceptors (Lipinski definition) is 8. The molecule has 78 heavy (non-hydrogen) atoms. The van der Waals surface area contributed by atoms with E-state index in [1.165, 1.54) is 89.9 Å². The van der Waals surface area contributed by atoms with Crippen molar-refractivity contribution in [3.8, 4) is 0 Å². The van der Waals surface area contributed by atoms with Crippen molar-refractivity contribution < 1.29 is 39.8 Å². The fourth-order valence-corrected chi connectivity index (χ4v) is 8.79. The van der Waals surface area contributed by atoms with Crippen molar-refractivity contribution in [2.45, 2.75) is 269 Å². The molecule has 1 rings (SSSR count). The predicted octanol–water partition coefficient (Wildman–Crippen LogP) is 16.2. The van der Waals surface area contributed by atoms with Gasteiger partial charge in [0, 0.05) is 6.42 Å². The zero-order valence-corrected chi connectivity index (χ0v) is 49.1. The van der Waals surface area contributed by atoms with E-state index in [4.69, 9.17) is 9.47 Å². The third kappa shape index (κ3) is 44.9. The van der Waals surface area contributed by atoms with Gasteiger partial charge in [0.1, 0.15) is 24.4 Å². The van der Waals surface area contributed by atoms with Crippen LogP contribution in [-0.4, -0.2) is 87.5 Å². The van der Waals surface area contributed by atoms with Gasteiger partial charge in [0.2, 0.25) is 5.91 Å². The van der Waals surface area contributed by atoms with Crippen molar-refractivity contribution >= 4 is 5.91 Å². The van der Waals surface area contributed by atoms with E-state index in [0.717, 1.165) is 116 Å². The molecule has 442 valence electrons. The number of ether oxygens (including phenoxy) is 2. The molecule has 1 amide bonds. The van der Waals surface area contributed by atoms with Gasteiger partial charge in [0.25, 0.3) is 0 Å². The number of carbonyl (C=O) groups excluding carboxylic acids is 1. The number of nitrogens with one attached hydrogen (secondary N) is 1. The summed E-state index contributed by atoms with van der Waals surface area (Å²) < 4.78 is 11.2. The van der Waals surface area contributed by atoms with Crippen molar-refractivity contribution in [3.05, 3.63) is 146 Å². The van der Waals surface area contributed by atoms with Crippen LogP contribution in [0.4, 0.5) is 0 Å². The maximum absolute atomic E-state index is 13.1. The van der Waals surface area contributed by atoms with Crippen LogP contribution in [0.2, 0.25) is 0 Å². The molecule has 1 fully saturated rings. The lowest BCUT2D eigenvalue weighted by molar-refractivity contribution is -0.302. The summed E-state index contributed by atoms with van der Waals surface area (Å²) in [4.78, 5) is 13.1. The molecule has 9 heteroatoms. The Kier molecular flexibility index (Phi) is 52.1. The van der Waals surface area contributed by atoms with Gasteiger partial charge in [0.05, 0.1) is 25.4 Å². The topological polar surface area (TPSA) is 149 Å². The lowest BCUT2D eigenvalue weighted by Gasteiger charge is -2.40. The molecule has 9 nitrogen and oxygen atoms in total. The molecule has 6 N–H and O–H groups in total. The van der Waals surface area contributed by atoms with Gasteiger partial charge in [-0.05, 0) is 109 Å². The molecular weight excluding hydrogens is 971 g/mol. The molecular formula is C69H113NO8. The number of aliphatic hydroxyl groups excluding tert-OH is 5. The Labute approximate surface area is 476 Å². The van der Waals surface area contributed by atoms with E-state index in [-0.39, 0.29) is 12.5 Å². The largest absolute Gasteiger partial charge is 0.394 e. The second-order valence-electron chi connectivity index (χ2n) is 20.8. The lowest BCUT2D eigenvalue weighted by atomic mass is 9.99. The molecule has 0 aromatic carbocycles. The molecule has 1 heterocycles. The molecule has 0 spiro atoms. The van der Waals surface area contributed by atoms with E-state index in [1.54, 1.807) is 6.08 Å². The van der Waals surface area contributed by atoms with Gasteiger partial charge in [-0.15, -0.1) is 0 Å². The summed E-state index contributed by atoms with van der Waals surface area (Å²) >= 11 is 0. The Bertz CT molecular complexity index is 1730. The molecule has 1 aliphatic rings. The molecule has 0 aromatic rings. The third-order valence-electron chi connectivity index (χ3n) is 13.6. The SMILES string of the molecule is CC/C=C\C/C=C\C/C=C\C/C=C\C/C=C\C/C=C\C/C=C\C/C=C\C/C=C\C/C=C\CCCCCCCCCCCCC(=O)NC(COC1OC(CO)C(O)C(O)C1O)C(O)/C=C/CC/C=C/CCCCCCCCCC. The first-order chi connectivity index (χ1) is 38.3. The van der Waals surface area contributed by atoms with Gasteiger partial charge in [-0.2, -0.15) is 0 Å². The monoisotopic (exact) mass is 1080 g/mol. The van der Waals surface area contributed by atoms with Crippen molar-refractivity contribution in [1.29, 1.82) is 0 Å². The van der Waals surface area contributed by atoms with Crippen LogP contribution in [0.15, 0.2) is 146 Å². The lowest BCUT2D eigenvalue weighted by Crippen LogP contribution is -2.60. The first-order valence-electron chi connectivity index (χ1n) is 31.1. The van der Waals surface area contributed by atoms with Crippen LogP contribution in [-0.2, 0) is 14.3 Å². The molecule has 1 aliphatic heterocycles. The summed E-state index contributed by atoms with van der Waals surface area (Å²) in [6.45, 7) is 3.62. The van der Waals surface area contributed by atoms with Crippen molar-refractivity contribution in [2.75, 3.05) is 13.2 Å². The fourth-order valence-electron chi connectivity index (χ4n) is 8.79. The van der Waals surface area contributed by atoms with Crippen LogP contribution in [0.25, 0.3) is 0 Å². The minimum atomic E-state index is -1.58. The average Bonchev–Trinajstić information content (AvgIpc) is 3.46. The zero-order valence-electron chi connectivity index (χ0n) is 49.1. The normalized spacial score (nSPS) is 19.7. The maximum Gasteiger partial charge on any atom is 0.220 e. The summed E-state index contributed by atoms with van der Waals surface area (Å²) in [5.74, 6) is -0.198. The Balaban J connectivity index is 2.15. The Morgan fingerprint density at radius 1 is 0.449 bits per heavy atom. The molecule has 0 aliphatic carbocycles. The Morgan fingerprint density at radius 2 is 0.808 bits per heavy atom. The average molecular weight is 1080 g/mol. The number of rotatable bonds is 51. The van der Waals surface area contributed by atoms with Crippen LogP contribution in [0.3, 0.4) is 0 Å². The van der Waals surface area contributed by atoms with Crippen LogP contribution in [0, 0.1) is 0 Å². The Hall–Kier alpha value is -3.93. The summed E-state index contributed by atoms with van der Waals surface area (Å²) in [7, 11) is 0. The molecule has 0 saturated carbocycles. The van der Waals surface area contributed by atoms with E-state index >= 15 is 0 Å². The van der Waals surface area contributed by atoms with Gasteiger partial charge in [0.15, 0.2) is 6.29 Å². The second-order valence-corrected chi connectivity index (χ2v) is 20.8. The van der Waals surface area contributed by atoms with Gasteiger partial charge in [-0.3, -0.25) is 4.79 Å². The highest BCUT2D eigenvalue weighted by atomic mass is 16.7. The maximum atomic E-state index is 13.1. The number of aliphatic hydroxyl groups is 5. The van der Waals surface area contributed by atoms with E-state index < -0.39 is 49.5 Å². The molecule has 7 atom stereocenters. The van der Waals surface area contributed by atoms with Crippen LogP contribution in [0.5, 0.6) is 0 Å². The van der Waals surface area contributed by atoms with Crippen molar-refractivity contribution in [1.82, 2.24) is 5.32 Å². The number of amides is 1. The van der Waals surface area contributed by atoms with Gasteiger partial charge in [-0.1, -0.05) is 256 Å². The molecule has 0 aromatic heterocycles. The van der Waals surface area contributed by atoms with E-state index in [0.29, 0.717) is 6.42 Å². The van der Waals surface area contributed by atoms with Crippen LogP contribution < -0.4 is 5.32 Å². The van der Waals surface area contributed by atoms with Gasteiger partial charge < -0.3 is 40.3 Å². The predicted molar refractivity (Wildman–Crippen MR) is 331 cm³/mol. The van der Waals surface area contributed by atoms with Crippen LogP contribution in [0.1, 0.15) is 226 Å². The highest BCUT2D eigenvalue weighted by Crippen LogP contribution is 2.23. The van der Waals surface area contributed by atoms with Crippen LogP contribution >= 0.6 is 0 Å². The molecule has 1 saturated heterocycles. The highest BCUT2D eigenvalue weighted by molar-refractivity contribution is 5.76. The number of unbranched alkanes of at least 4 members (excludes halogenated alkanes) is 19. The summed E-state index contributed by atoms with van der Waals surface area (Å²) in [5.41, 5.74) is 0. The quantitative estimate of drug-likeness (QED) is 0.0261. The summed E-state index contributed by atoms with van der Waals surface area (Å²) in [6, 6.07) is -0.833. The second kappa shape index (κ2) is 56.3. The molecule has 0 bridgehead atoms. The highest BCUT2D eigenvalue weighted by Gasteiger charge is 2.44. The van der Waals surface area contributed by atoms with Gasteiger partial charge >= 0.3 is 0 Å². The fraction of sp³-hybridized carbons (Fsp3) is 0.638. The summed E-state index contributed by atoms with van der Waals surface area (Å²) in [5, 5.41) is 54.4. The summed E-state index contributed by atoms with van der Waals surface area (Å²) in [6.07, 6.45) is 80.7.